The summed E-state index contributed by atoms with van der Waals surface area (Å²) in [4.78, 5) is 0. The Morgan fingerprint density at radius 1 is 1.23 bits per heavy atom. The fraction of sp³-hybridized carbons (Fsp3) is 0.350. The molecule has 0 heterocycles. The Morgan fingerprint density at radius 2 is 1.85 bits per heavy atom. The second-order valence-electron chi connectivity index (χ2n) is 7.65. The van der Waals surface area contributed by atoms with Gasteiger partial charge < -0.3 is 10.3 Å². The smallest absolute Gasteiger partial charge is 0.146 e. The summed E-state index contributed by atoms with van der Waals surface area (Å²) in [6, 6.07) is 14.1. The van der Waals surface area contributed by atoms with Crippen LogP contribution in [0, 0.1) is 17.1 Å². The molecule has 1 aliphatic carbocycles. The third-order valence-corrected chi connectivity index (χ3v) is 6.42. The number of benzene rings is 2. The van der Waals surface area contributed by atoms with Gasteiger partial charge in [0, 0.05) is 16.8 Å². The minimum absolute atomic E-state index is 0.0552. The predicted octanol–water partition coefficient (Wildman–Crippen LogP) is 3.39. The van der Waals surface area contributed by atoms with E-state index in [0.717, 1.165) is 17.5 Å². The summed E-state index contributed by atoms with van der Waals surface area (Å²) in [5, 5.41) is 9.03. The van der Waals surface area contributed by atoms with E-state index in [1.807, 2.05) is 32.9 Å². The molecule has 2 aromatic rings. The summed E-state index contributed by atoms with van der Waals surface area (Å²) < 4.78 is 29.0. The van der Waals surface area contributed by atoms with E-state index in [-0.39, 0.29) is 16.5 Å². The highest BCUT2D eigenvalue weighted by Crippen LogP contribution is 2.54. The maximum atomic E-state index is 13.6. The van der Waals surface area contributed by atoms with Gasteiger partial charge in [0.05, 0.1) is 23.4 Å². The number of anilines is 1. The molecule has 0 bridgehead atoms. The molecular weight excluding hydrogens is 349 g/mol. The Morgan fingerprint density at radius 3 is 2.38 bits per heavy atom. The van der Waals surface area contributed by atoms with Crippen molar-refractivity contribution in [1.82, 2.24) is 4.72 Å². The van der Waals surface area contributed by atoms with Crippen molar-refractivity contribution in [3.8, 4) is 6.07 Å². The van der Waals surface area contributed by atoms with Crippen LogP contribution in [0.1, 0.15) is 43.9 Å². The van der Waals surface area contributed by atoms with Crippen molar-refractivity contribution >= 4 is 17.0 Å². The van der Waals surface area contributed by atoms with E-state index in [2.05, 4.69) is 10.8 Å². The van der Waals surface area contributed by atoms with E-state index in [1.165, 1.54) is 6.07 Å². The summed E-state index contributed by atoms with van der Waals surface area (Å²) in [5.41, 5.74) is 7.89. The monoisotopic (exact) mass is 371 g/mol. The van der Waals surface area contributed by atoms with Gasteiger partial charge in [0.1, 0.15) is 10.6 Å². The largest absolute Gasteiger partial charge is 0.598 e. The molecule has 4 nitrogen and oxygen atoms in total. The van der Waals surface area contributed by atoms with E-state index in [9.17, 15) is 8.94 Å². The van der Waals surface area contributed by atoms with E-state index < -0.39 is 22.6 Å². The molecular formula is C20H22FN3OS. The standard InChI is InChI=1S/C20H22FN3OS/c1-19(2,3)26(25)24-18-11-20(18,14-6-4-13(12-22)5-7-14)15-8-9-16(21)17(23)10-15/h4-10,18,24H,11,23H2,1-3H3/t18?,20?,26-/m0/s1. The van der Waals surface area contributed by atoms with Crippen LogP contribution in [-0.2, 0) is 16.8 Å². The summed E-state index contributed by atoms with van der Waals surface area (Å²) in [5.74, 6) is -0.452. The van der Waals surface area contributed by atoms with Gasteiger partial charge in [-0.15, -0.1) is 4.72 Å². The Balaban J connectivity index is 2.00. The summed E-state index contributed by atoms with van der Waals surface area (Å²) in [7, 11) is 0. The Labute approximate surface area is 156 Å². The molecule has 0 saturated heterocycles. The lowest BCUT2D eigenvalue weighted by Gasteiger charge is -2.26. The molecule has 3 atom stereocenters. The average molecular weight is 371 g/mol. The van der Waals surface area contributed by atoms with E-state index >= 15 is 0 Å². The first kappa shape index (κ1) is 18.7. The van der Waals surface area contributed by atoms with Crippen molar-refractivity contribution in [2.75, 3.05) is 5.73 Å². The topological polar surface area (TPSA) is 84.9 Å². The molecule has 0 radical (unpaired) electrons. The Hall–Kier alpha value is -2.07. The van der Waals surface area contributed by atoms with Gasteiger partial charge in [-0.2, -0.15) is 5.26 Å². The number of hydrogen-bond acceptors (Lipinski definition) is 4. The fourth-order valence-electron chi connectivity index (χ4n) is 3.18. The number of halogens is 1. The molecule has 2 unspecified atom stereocenters. The first-order chi connectivity index (χ1) is 12.2. The van der Waals surface area contributed by atoms with E-state index in [4.69, 9.17) is 11.0 Å². The van der Waals surface area contributed by atoms with Gasteiger partial charge in [-0.05, 0) is 62.6 Å². The maximum Gasteiger partial charge on any atom is 0.146 e. The predicted molar refractivity (Wildman–Crippen MR) is 102 cm³/mol. The summed E-state index contributed by atoms with van der Waals surface area (Å²) in [6.45, 7) is 5.74. The highest BCUT2D eigenvalue weighted by atomic mass is 32.2. The first-order valence-corrected chi connectivity index (χ1v) is 9.57. The van der Waals surface area contributed by atoms with Crippen molar-refractivity contribution in [2.24, 2.45) is 0 Å². The van der Waals surface area contributed by atoms with Crippen LogP contribution in [0.25, 0.3) is 0 Å². The average Bonchev–Trinajstić information content (AvgIpc) is 3.31. The maximum absolute atomic E-state index is 13.6. The third kappa shape index (κ3) is 3.30. The van der Waals surface area contributed by atoms with Crippen molar-refractivity contribution < 1.29 is 8.94 Å². The van der Waals surface area contributed by atoms with Crippen molar-refractivity contribution in [2.45, 2.75) is 43.4 Å². The summed E-state index contributed by atoms with van der Waals surface area (Å²) in [6.07, 6.45) is 0.728. The van der Waals surface area contributed by atoms with Crippen LogP contribution in [0.5, 0.6) is 0 Å². The van der Waals surface area contributed by atoms with Crippen molar-refractivity contribution in [3.63, 3.8) is 0 Å². The van der Waals surface area contributed by atoms with Crippen LogP contribution >= 0.6 is 0 Å². The van der Waals surface area contributed by atoms with Gasteiger partial charge in [-0.3, -0.25) is 0 Å². The number of nitrogens with two attached hydrogens (primary N) is 1. The van der Waals surface area contributed by atoms with E-state index in [0.29, 0.717) is 5.56 Å². The number of nitrogens with one attached hydrogen (secondary N) is 1. The number of hydrogen-bond donors (Lipinski definition) is 2. The Kier molecular flexibility index (Phi) is 4.74. The molecule has 3 rings (SSSR count). The Bertz CT molecular complexity index is 857. The number of rotatable bonds is 4. The van der Waals surface area contributed by atoms with Gasteiger partial charge in [0.15, 0.2) is 0 Å². The molecule has 0 aliphatic heterocycles. The van der Waals surface area contributed by atoms with Crippen molar-refractivity contribution in [3.05, 3.63) is 65.0 Å². The van der Waals surface area contributed by atoms with Gasteiger partial charge in [-0.25, -0.2) is 4.39 Å². The first-order valence-electron chi connectivity index (χ1n) is 8.42. The van der Waals surface area contributed by atoms with Crippen LogP contribution in [0.3, 0.4) is 0 Å². The zero-order chi connectivity index (χ0) is 19.1. The normalized spacial score (nSPS) is 23.3. The fourth-order valence-corrected chi connectivity index (χ4v) is 4.08. The molecule has 26 heavy (non-hydrogen) atoms. The lowest BCUT2D eigenvalue weighted by Crippen LogP contribution is -2.42. The van der Waals surface area contributed by atoms with Gasteiger partial charge in [-0.1, -0.05) is 18.2 Å². The summed E-state index contributed by atoms with van der Waals surface area (Å²) >= 11 is -1.22. The highest BCUT2D eigenvalue weighted by Gasteiger charge is 2.59. The van der Waals surface area contributed by atoms with Gasteiger partial charge >= 0.3 is 0 Å². The molecule has 0 aromatic heterocycles. The zero-order valence-electron chi connectivity index (χ0n) is 15.0. The molecule has 1 aliphatic rings. The molecule has 1 fully saturated rings. The SMILES string of the molecule is CC(C)(C)[S@+]([O-])NC1CC1(c1ccc(C#N)cc1)c1ccc(F)c(N)c1. The molecule has 3 N–H and O–H groups in total. The van der Waals surface area contributed by atoms with Gasteiger partial charge in [0.25, 0.3) is 0 Å². The van der Waals surface area contributed by atoms with Crippen LogP contribution < -0.4 is 10.5 Å². The lowest BCUT2D eigenvalue weighted by atomic mass is 9.86. The third-order valence-electron chi connectivity index (χ3n) is 4.81. The lowest BCUT2D eigenvalue weighted by molar-refractivity contribution is 0.539. The number of nitriles is 1. The quantitative estimate of drug-likeness (QED) is 0.637. The van der Waals surface area contributed by atoms with Crippen LogP contribution in [-0.4, -0.2) is 15.3 Å². The highest BCUT2D eigenvalue weighted by molar-refractivity contribution is 7.90. The number of nitrogen functional groups attached to an aromatic ring is 1. The molecule has 136 valence electrons. The molecule has 0 spiro atoms. The molecule has 6 heteroatoms. The number of nitrogens with zero attached hydrogens (tertiary/aromatic N) is 1. The second kappa shape index (κ2) is 6.58. The van der Waals surface area contributed by atoms with Gasteiger partial charge in [0.2, 0.25) is 0 Å². The van der Waals surface area contributed by atoms with Crippen molar-refractivity contribution in [1.29, 1.82) is 5.26 Å². The second-order valence-corrected chi connectivity index (χ2v) is 9.65. The van der Waals surface area contributed by atoms with Crippen LogP contribution in [0.4, 0.5) is 10.1 Å². The molecule has 2 aromatic carbocycles. The van der Waals surface area contributed by atoms with Crippen LogP contribution in [0.2, 0.25) is 0 Å². The zero-order valence-corrected chi connectivity index (χ0v) is 15.9. The van der Waals surface area contributed by atoms with E-state index in [1.54, 1.807) is 24.3 Å². The minimum Gasteiger partial charge on any atom is -0.598 e. The molecule has 1 saturated carbocycles. The molecule has 0 amide bonds. The van der Waals surface area contributed by atoms with Crippen LogP contribution in [0.15, 0.2) is 42.5 Å². The minimum atomic E-state index is -1.22.